The summed E-state index contributed by atoms with van der Waals surface area (Å²) in [5, 5.41) is 11.3. The van der Waals surface area contributed by atoms with Gasteiger partial charge in [0.15, 0.2) is 0 Å². The lowest BCUT2D eigenvalue weighted by molar-refractivity contribution is -0.140. The van der Waals surface area contributed by atoms with Gasteiger partial charge in [-0.1, -0.05) is 17.7 Å². The van der Waals surface area contributed by atoms with Gasteiger partial charge in [-0.2, -0.15) is 0 Å². The van der Waals surface area contributed by atoms with Crippen molar-refractivity contribution in [3.8, 4) is 0 Å². The van der Waals surface area contributed by atoms with Gasteiger partial charge in [0.2, 0.25) is 0 Å². The number of nitrogens with zero attached hydrogens (tertiary/aromatic N) is 1. The number of aliphatic carboxylic acids is 1. The standard InChI is InChI=1S/C11H10ClFN2O3S/c12-6-2-1-3-7(13)9(6)14-11(18)15-5-19-4-8(15)10(16)17/h1-3,8H,4-5H2,(H,14,18)(H,16,17). The van der Waals surface area contributed by atoms with Crippen LogP contribution in [0, 0.1) is 5.82 Å². The zero-order valence-electron chi connectivity index (χ0n) is 9.60. The maximum Gasteiger partial charge on any atom is 0.327 e. The predicted octanol–water partition coefficient (Wildman–Crippen LogP) is 2.47. The number of para-hydroxylation sites is 1. The van der Waals surface area contributed by atoms with Crippen molar-refractivity contribution in [2.45, 2.75) is 6.04 Å². The molecule has 0 radical (unpaired) electrons. The normalized spacial score (nSPS) is 18.4. The number of carboxylic acid groups (broad SMARTS) is 1. The van der Waals surface area contributed by atoms with Crippen LogP contribution >= 0.6 is 23.4 Å². The second-order valence-electron chi connectivity index (χ2n) is 3.85. The number of nitrogens with one attached hydrogen (secondary N) is 1. The fraction of sp³-hybridized carbons (Fsp3) is 0.273. The van der Waals surface area contributed by atoms with Crippen molar-refractivity contribution in [3.63, 3.8) is 0 Å². The van der Waals surface area contributed by atoms with Crippen molar-refractivity contribution in [1.29, 1.82) is 0 Å². The number of carbonyl (C=O) groups is 2. The van der Waals surface area contributed by atoms with E-state index in [4.69, 9.17) is 16.7 Å². The Hall–Kier alpha value is -1.47. The molecule has 8 heteroatoms. The van der Waals surface area contributed by atoms with E-state index in [1.54, 1.807) is 0 Å². The maximum atomic E-state index is 13.5. The van der Waals surface area contributed by atoms with Crippen molar-refractivity contribution >= 4 is 41.1 Å². The summed E-state index contributed by atoms with van der Waals surface area (Å²) in [6.45, 7) is 0. The van der Waals surface area contributed by atoms with Crippen LogP contribution in [-0.2, 0) is 4.79 Å². The van der Waals surface area contributed by atoms with Gasteiger partial charge in [0, 0.05) is 5.75 Å². The van der Waals surface area contributed by atoms with Crippen LogP contribution in [-0.4, -0.2) is 39.7 Å². The molecule has 2 N–H and O–H groups in total. The summed E-state index contributed by atoms with van der Waals surface area (Å²) in [4.78, 5) is 24.0. The van der Waals surface area contributed by atoms with Crippen LogP contribution in [0.5, 0.6) is 0 Å². The number of carboxylic acids is 1. The van der Waals surface area contributed by atoms with Crippen LogP contribution in [0.25, 0.3) is 0 Å². The molecule has 5 nitrogen and oxygen atoms in total. The van der Waals surface area contributed by atoms with Crippen LogP contribution in [0.4, 0.5) is 14.9 Å². The third-order valence-corrected chi connectivity index (χ3v) is 3.95. The first-order valence-corrected chi connectivity index (χ1v) is 6.86. The van der Waals surface area contributed by atoms with Crippen LogP contribution in [0.2, 0.25) is 5.02 Å². The highest BCUT2D eigenvalue weighted by Gasteiger charge is 2.35. The number of amides is 2. The molecule has 1 saturated heterocycles. The molecule has 0 saturated carbocycles. The lowest BCUT2D eigenvalue weighted by atomic mass is 10.3. The van der Waals surface area contributed by atoms with Crippen molar-refractivity contribution in [2.75, 3.05) is 16.9 Å². The largest absolute Gasteiger partial charge is 0.480 e. The zero-order valence-corrected chi connectivity index (χ0v) is 11.2. The third-order valence-electron chi connectivity index (χ3n) is 2.62. The molecule has 1 aromatic rings. The average Bonchev–Trinajstić information content (AvgIpc) is 2.83. The molecule has 1 aliphatic rings. The Morgan fingerprint density at radius 2 is 2.26 bits per heavy atom. The summed E-state index contributed by atoms with van der Waals surface area (Å²) in [5.41, 5.74) is -0.143. The van der Waals surface area contributed by atoms with E-state index >= 15 is 0 Å². The number of anilines is 1. The minimum Gasteiger partial charge on any atom is -0.480 e. The molecule has 0 aromatic heterocycles. The topological polar surface area (TPSA) is 69.6 Å². The number of carbonyl (C=O) groups excluding carboxylic acids is 1. The Balaban J connectivity index is 2.15. The van der Waals surface area contributed by atoms with Crippen molar-refractivity contribution in [2.24, 2.45) is 0 Å². The van der Waals surface area contributed by atoms with Gasteiger partial charge in [0.1, 0.15) is 11.9 Å². The van der Waals surface area contributed by atoms with Gasteiger partial charge in [0.25, 0.3) is 0 Å². The molecule has 1 aromatic carbocycles. The van der Waals surface area contributed by atoms with Crippen LogP contribution < -0.4 is 5.32 Å². The molecule has 1 fully saturated rings. The highest BCUT2D eigenvalue weighted by molar-refractivity contribution is 7.99. The van der Waals surface area contributed by atoms with E-state index in [9.17, 15) is 14.0 Å². The molecular weight excluding hydrogens is 295 g/mol. The van der Waals surface area contributed by atoms with Gasteiger partial charge in [-0.05, 0) is 12.1 Å². The quantitative estimate of drug-likeness (QED) is 0.880. The van der Waals surface area contributed by atoms with Gasteiger partial charge in [-0.25, -0.2) is 14.0 Å². The van der Waals surface area contributed by atoms with Gasteiger partial charge in [-0.15, -0.1) is 11.8 Å². The summed E-state index contributed by atoms with van der Waals surface area (Å²) in [6, 6.07) is 2.43. The number of hydrogen-bond donors (Lipinski definition) is 2. The Labute approximate surface area is 117 Å². The molecule has 0 aliphatic carbocycles. The van der Waals surface area contributed by atoms with E-state index in [0.717, 1.165) is 11.0 Å². The Morgan fingerprint density at radius 3 is 2.89 bits per heavy atom. The lowest BCUT2D eigenvalue weighted by Crippen LogP contribution is -2.44. The highest BCUT2D eigenvalue weighted by atomic mass is 35.5. The van der Waals surface area contributed by atoms with Gasteiger partial charge in [-0.3, -0.25) is 0 Å². The summed E-state index contributed by atoms with van der Waals surface area (Å²) in [6.07, 6.45) is 0. The number of hydrogen-bond acceptors (Lipinski definition) is 3. The minimum atomic E-state index is -1.08. The van der Waals surface area contributed by atoms with Crippen molar-refractivity contribution in [3.05, 3.63) is 29.0 Å². The number of rotatable bonds is 2. The molecule has 1 heterocycles. The summed E-state index contributed by atoms with van der Waals surface area (Å²) in [5.74, 6) is -1.19. The fourth-order valence-corrected chi connectivity index (χ4v) is 3.00. The summed E-state index contributed by atoms with van der Waals surface area (Å²) >= 11 is 7.11. The van der Waals surface area contributed by atoms with Gasteiger partial charge < -0.3 is 15.3 Å². The monoisotopic (exact) mass is 304 g/mol. The average molecular weight is 305 g/mol. The molecule has 1 atom stereocenters. The molecule has 2 rings (SSSR count). The Morgan fingerprint density at radius 1 is 1.53 bits per heavy atom. The molecule has 19 heavy (non-hydrogen) atoms. The van der Waals surface area contributed by atoms with Crippen molar-refractivity contribution in [1.82, 2.24) is 4.90 Å². The lowest BCUT2D eigenvalue weighted by Gasteiger charge is -2.21. The predicted molar refractivity (Wildman–Crippen MR) is 71.0 cm³/mol. The first-order valence-electron chi connectivity index (χ1n) is 5.33. The molecule has 0 spiro atoms. The molecular formula is C11H10ClFN2O3S. The SMILES string of the molecule is O=C(O)C1CSCN1C(=O)Nc1c(F)cccc1Cl. The molecule has 102 valence electrons. The summed E-state index contributed by atoms with van der Waals surface area (Å²) in [7, 11) is 0. The Kier molecular flexibility index (Phi) is 4.16. The zero-order chi connectivity index (χ0) is 14.0. The van der Waals surface area contributed by atoms with Gasteiger partial charge in [0.05, 0.1) is 16.6 Å². The second kappa shape index (κ2) is 5.66. The van der Waals surface area contributed by atoms with Gasteiger partial charge >= 0.3 is 12.0 Å². The summed E-state index contributed by atoms with van der Waals surface area (Å²) < 4.78 is 13.5. The fourth-order valence-electron chi connectivity index (χ4n) is 1.64. The van der Waals surface area contributed by atoms with Crippen molar-refractivity contribution < 1.29 is 19.1 Å². The number of thioether (sulfide) groups is 1. The highest BCUT2D eigenvalue weighted by Crippen LogP contribution is 2.27. The molecule has 1 aliphatic heterocycles. The van der Waals surface area contributed by atoms with E-state index in [2.05, 4.69) is 5.32 Å². The Bertz CT molecular complexity index is 508. The maximum absolute atomic E-state index is 13.5. The van der Waals surface area contributed by atoms with E-state index in [1.165, 1.54) is 23.9 Å². The first kappa shape index (κ1) is 14.0. The second-order valence-corrected chi connectivity index (χ2v) is 5.26. The first-order chi connectivity index (χ1) is 9.00. The third kappa shape index (κ3) is 2.93. The number of urea groups is 1. The molecule has 1 unspecified atom stereocenters. The van der Waals surface area contributed by atoms with Crippen LogP contribution in [0.3, 0.4) is 0 Å². The van der Waals surface area contributed by atoms with E-state index < -0.39 is 23.9 Å². The smallest absolute Gasteiger partial charge is 0.327 e. The van der Waals surface area contributed by atoms with E-state index in [-0.39, 0.29) is 16.6 Å². The number of benzene rings is 1. The molecule has 0 bridgehead atoms. The van der Waals surface area contributed by atoms with Crippen LogP contribution in [0.1, 0.15) is 0 Å². The molecule has 2 amide bonds. The van der Waals surface area contributed by atoms with E-state index in [1.807, 2.05) is 0 Å². The van der Waals surface area contributed by atoms with E-state index in [0.29, 0.717) is 5.75 Å². The number of halogens is 2. The minimum absolute atomic E-state index is 0.0621. The van der Waals surface area contributed by atoms with Crippen LogP contribution in [0.15, 0.2) is 18.2 Å².